The van der Waals surface area contributed by atoms with Crippen LogP contribution in [-0.2, 0) is 0 Å². The van der Waals surface area contributed by atoms with Gasteiger partial charge >= 0.3 is 0 Å². The van der Waals surface area contributed by atoms with Crippen LogP contribution in [0.3, 0.4) is 0 Å². The summed E-state index contributed by atoms with van der Waals surface area (Å²) >= 11 is 1.37. The van der Waals surface area contributed by atoms with Crippen molar-refractivity contribution in [3.05, 3.63) is 52.0 Å². The molecule has 0 aliphatic carbocycles. The summed E-state index contributed by atoms with van der Waals surface area (Å²) in [6, 6.07) is 10.0. The first-order chi connectivity index (χ1) is 9.19. The summed E-state index contributed by atoms with van der Waals surface area (Å²) < 4.78 is 19.0. The highest BCUT2D eigenvalue weighted by Crippen LogP contribution is 2.32. The third-order valence-electron chi connectivity index (χ3n) is 2.61. The SMILES string of the molecule is COc1cccc(F)c1/C(N)=C(/C#N)c1cccs1. The molecule has 1 aromatic heterocycles. The van der Waals surface area contributed by atoms with Gasteiger partial charge in [-0.15, -0.1) is 11.3 Å². The van der Waals surface area contributed by atoms with E-state index in [4.69, 9.17) is 10.5 Å². The molecular weight excluding hydrogens is 263 g/mol. The summed E-state index contributed by atoms with van der Waals surface area (Å²) in [4.78, 5) is 0.699. The van der Waals surface area contributed by atoms with Gasteiger partial charge in [-0.2, -0.15) is 5.26 Å². The van der Waals surface area contributed by atoms with Crippen LogP contribution in [0.4, 0.5) is 4.39 Å². The molecule has 1 aromatic carbocycles. The highest BCUT2D eigenvalue weighted by atomic mass is 32.1. The maximum Gasteiger partial charge on any atom is 0.136 e. The van der Waals surface area contributed by atoms with Crippen LogP contribution in [0.2, 0.25) is 0 Å². The Morgan fingerprint density at radius 3 is 2.74 bits per heavy atom. The molecule has 2 aromatic rings. The summed E-state index contributed by atoms with van der Waals surface area (Å²) in [6.07, 6.45) is 0. The minimum absolute atomic E-state index is 0.0832. The van der Waals surface area contributed by atoms with Crippen molar-refractivity contribution in [3.8, 4) is 11.8 Å². The normalized spacial score (nSPS) is 11.6. The van der Waals surface area contributed by atoms with Crippen molar-refractivity contribution in [1.82, 2.24) is 0 Å². The van der Waals surface area contributed by atoms with Gasteiger partial charge < -0.3 is 10.5 Å². The van der Waals surface area contributed by atoms with Gasteiger partial charge in [-0.1, -0.05) is 12.1 Å². The standard InChI is InChI=1S/C14H11FN2OS/c1-18-11-5-2-4-10(15)13(11)14(17)9(8-16)12-6-3-7-19-12/h2-7H,17H2,1H3/b14-9+. The second kappa shape index (κ2) is 5.55. The zero-order chi connectivity index (χ0) is 13.8. The minimum Gasteiger partial charge on any atom is -0.496 e. The van der Waals surface area contributed by atoms with Crippen molar-refractivity contribution < 1.29 is 9.13 Å². The summed E-state index contributed by atoms with van der Waals surface area (Å²) in [5, 5.41) is 11.1. The number of benzene rings is 1. The fourth-order valence-electron chi connectivity index (χ4n) is 1.73. The zero-order valence-electron chi connectivity index (χ0n) is 10.2. The quantitative estimate of drug-likeness (QED) is 0.874. The molecule has 1 heterocycles. The number of allylic oxidation sites excluding steroid dienone is 1. The number of hydrogen-bond donors (Lipinski definition) is 1. The van der Waals surface area contributed by atoms with Crippen molar-refractivity contribution in [1.29, 1.82) is 5.26 Å². The van der Waals surface area contributed by atoms with Gasteiger partial charge in [0.2, 0.25) is 0 Å². The fraction of sp³-hybridized carbons (Fsp3) is 0.0714. The second-order valence-electron chi connectivity index (χ2n) is 3.69. The highest BCUT2D eigenvalue weighted by molar-refractivity contribution is 7.11. The third-order valence-corrected chi connectivity index (χ3v) is 3.50. The van der Waals surface area contributed by atoms with E-state index in [0.29, 0.717) is 10.6 Å². The molecule has 0 aliphatic heterocycles. The summed E-state index contributed by atoms with van der Waals surface area (Å²) in [5.41, 5.74) is 6.41. The summed E-state index contributed by atoms with van der Waals surface area (Å²) in [6.45, 7) is 0. The van der Waals surface area contributed by atoms with Crippen molar-refractivity contribution >= 4 is 22.6 Å². The lowest BCUT2D eigenvalue weighted by molar-refractivity contribution is 0.409. The Bertz CT molecular complexity index is 657. The van der Waals surface area contributed by atoms with E-state index in [1.165, 1.54) is 30.6 Å². The average molecular weight is 274 g/mol. The van der Waals surface area contributed by atoms with Gasteiger partial charge in [0.15, 0.2) is 0 Å². The lowest BCUT2D eigenvalue weighted by Gasteiger charge is -2.11. The van der Waals surface area contributed by atoms with Crippen molar-refractivity contribution in [2.75, 3.05) is 7.11 Å². The van der Waals surface area contributed by atoms with Crippen LogP contribution in [0, 0.1) is 17.1 Å². The highest BCUT2D eigenvalue weighted by Gasteiger charge is 2.17. The van der Waals surface area contributed by atoms with Crippen molar-refractivity contribution in [2.45, 2.75) is 0 Å². The summed E-state index contributed by atoms with van der Waals surface area (Å²) in [5.74, 6) is -0.206. The first-order valence-electron chi connectivity index (χ1n) is 5.45. The molecule has 2 N–H and O–H groups in total. The number of halogens is 1. The molecule has 0 amide bonds. The minimum atomic E-state index is -0.513. The van der Waals surface area contributed by atoms with Crippen LogP contribution in [0.25, 0.3) is 11.3 Å². The van der Waals surface area contributed by atoms with E-state index >= 15 is 0 Å². The predicted molar refractivity (Wildman–Crippen MR) is 73.9 cm³/mol. The van der Waals surface area contributed by atoms with Gasteiger partial charge in [-0.05, 0) is 23.6 Å². The van der Waals surface area contributed by atoms with Crippen LogP contribution in [0.15, 0.2) is 35.7 Å². The lowest BCUT2D eigenvalue weighted by Crippen LogP contribution is -2.05. The van der Waals surface area contributed by atoms with Crippen LogP contribution >= 0.6 is 11.3 Å². The van der Waals surface area contributed by atoms with Crippen molar-refractivity contribution in [3.63, 3.8) is 0 Å². The number of nitriles is 1. The molecule has 96 valence electrons. The number of ether oxygens (including phenoxy) is 1. The Kier molecular flexibility index (Phi) is 3.83. The lowest BCUT2D eigenvalue weighted by atomic mass is 10.0. The zero-order valence-corrected chi connectivity index (χ0v) is 11.0. The van der Waals surface area contributed by atoms with E-state index < -0.39 is 5.82 Å². The Morgan fingerprint density at radius 2 is 2.16 bits per heavy atom. The van der Waals surface area contributed by atoms with Gasteiger partial charge in [0.05, 0.1) is 23.9 Å². The van der Waals surface area contributed by atoms with Gasteiger partial charge in [-0.25, -0.2) is 4.39 Å². The molecule has 0 bridgehead atoms. The van der Waals surface area contributed by atoms with Gasteiger partial charge in [0.1, 0.15) is 17.6 Å². The molecule has 2 rings (SSSR count). The monoisotopic (exact) mass is 274 g/mol. The number of nitrogens with two attached hydrogens (primary N) is 1. The topological polar surface area (TPSA) is 59.0 Å². The molecule has 0 unspecified atom stereocenters. The molecule has 0 saturated carbocycles. The average Bonchev–Trinajstić information content (AvgIpc) is 2.92. The molecule has 3 nitrogen and oxygen atoms in total. The maximum atomic E-state index is 13.9. The first-order valence-corrected chi connectivity index (χ1v) is 6.33. The third kappa shape index (κ3) is 2.44. The molecule has 5 heteroatoms. The molecule has 19 heavy (non-hydrogen) atoms. The van der Waals surface area contributed by atoms with E-state index in [1.807, 2.05) is 17.5 Å². The van der Waals surface area contributed by atoms with Crippen LogP contribution in [0.5, 0.6) is 5.75 Å². The Morgan fingerprint density at radius 1 is 1.37 bits per heavy atom. The molecule has 0 spiro atoms. The molecule has 0 saturated heterocycles. The number of nitrogens with zero attached hydrogens (tertiary/aromatic N) is 1. The van der Waals surface area contributed by atoms with Crippen LogP contribution < -0.4 is 10.5 Å². The number of rotatable bonds is 3. The summed E-state index contributed by atoms with van der Waals surface area (Å²) in [7, 11) is 1.43. The smallest absolute Gasteiger partial charge is 0.136 e. The largest absolute Gasteiger partial charge is 0.496 e. The van der Waals surface area contributed by atoms with Gasteiger partial charge in [-0.3, -0.25) is 0 Å². The van der Waals surface area contributed by atoms with Gasteiger partial charge in [0, 0.05) is 4.88 Å². The van der Waals surface area contributed by atoms with E-state index in [1.54, 1.807) is 12.1 Å². The Balaban J connectivity index is 2.67. The second-order valence-corrected chi connectivity index (χ2v) is 4.64. The molecule has 0 aliphatic rings. The van der Waals surface area contributed by atoms with Crippen LogP contribution in [-0.4, -0.2) is 7.11 Å². The Labute approximate surface area is 114 Å². The van der Waals surface area contributed by atoms with E-state index in [-0.39, 0.29) is 16.8 Å². The van der Waals surface area contributed by atoms with Crippen molar-refractivity contribution in [2.24, 2.45) is 5.73 Å². The maximum absolute atomic E-state index is 13.9. The molecule has 0 atom stereocenters. The Hall–Kier alpha value is -2.32. The number of hydrogen-bond acceptors (Lipinski definition) is 4. The van der Waals surface area contributed by atoms with Gasteiger partial charge in [0.25, 0.3) is 0 Å². The van der Waals surface area contributed by atoms with Crippen LogP contribution in [0.1, 0.15) is 10.4 Å². The fourth-order valence-corrected chi connectivity index (χ4v) is 2.46. The molecular formula is C14H11FN2OS. The van der Waals surface area contributed by atoms with E-state index in [2.05, 4.69) is 0 Å². The number of thiophene rings is 1. The van der Waals surface area contributed by atoms with E-state index in [0.717, 1.165) is 0 Å². The molecule has 0 radical (unpaired) electrons. The number of methoxy groups -OCH3 is 1. The predicted octanol–water partition coefficient (Wildman–Crippen LogP) is 3.25. The first kappa shape index (κ1) is 13.1. The van der Waals surface area contributed by atoms with E-state index in [9.17, 15) is 9.65 Å². The molecule has 0 fully saturated rings.